The molecule has 0 saturated heterocycles. The highest BCUT2D eigenvalue weighted by atomic mass is 16.5. The van der Waals surface area contributed by atoms with Gasteiger partial charge in [-0.15, -0.1) is 0 Å². The van der Waals surface area contributed by atoms with Crippen molar-refractivity contribution in [2.24, 2.45) is 0 Å². The molecule has 1 fully saturated rings. The maximum absolute atomic E-state index is 14.0. The van der Waals surface area contributed by atoms with Crippen LogP contribution in [0.4, 0.5) is 0 Å². The van der Waals surface area contributed by atoms with Crippen molar-refractivity contribution in [3.8, 4) is 11.5 Å². The number of hydrogen-bond donors (Lipinski definition) is 0. The summed E-state index contributed by atoms with van der Waals surface area (Å²) in [6.45, 7) is 0.552. The number of aromatic nitrogens is 2. The second-order valence-electron chi connectivity index (χ2n) is 7.99. The van der Waals surface area contributed by atoms with E-state index in [9.17, 15) is 4.79 Å². The van der Waals surface area contributed by atoms with Crippen molar-refractivity contribution >= 4 is 11.6 Å². The summed E-state index contributed by atoms with van der Waals surface area (Å²) in [6, 6.07) is 22.0. The first-order valence-corrected chi connectivity index (χ1v) is 10.4. The van der Waals surface area contributed by atoms with Crippen molar-refractivity contribution in [1.29, 1.82) is 0 Å². The number of benzene rings is 2. The van der Waals surface area contributed by atoms with Crippen LogP contribution < -0.4 is 4.74 Å². The Morgan fingerprint density at radius 2 is 1.63 bits per heavy atom. The van der Waals surface area contributed by atoms with Crippen LogP contribution in [0.15, 0.2) is 79.1 Å². The molecule has 4 aromatic rings. The average Bonchev–Trinajstić information content (AvgIpc) is 3.55. The third kappa shape index (κ3) is 2.77. The number of amides is 1. The Labute approximate surface area is 174 Å². The third-order valence-electron chi connectivity index (χ3n) is 6.02. The van der Waals surface area contributed by atoms with Crippen molar-refractivity contribution in [2.75, 3.05) is 0 Å². The second-order valence-corrected chi connectivity index (χ2v) is 7.99. The minimum atomic E-state index is -0.356. The Morgan fingerprint density at radius 3 is 2.33 bits per heavy atom. The number of carbonyl (C=O) groups excluding carboxylic acids is 1. The monoisotopic (exact) mass is 395 g/mol. The fourth-order valence-corrected chi connectivity index (χ4v) is 4.39. The van der Waals surface area contributed by atoms with Crippen molar-refractivity contribution in [1.82, 2.24) is 14.3 Å². The fraction of sp³-hybridized carbons (Fsp3) is 0.200. The molecule has 148 valence electrons. The average molecular weight is 395 g/mol. The number of fused-ring (bicyclic) bond motifs is 3. The van der Waals surface area contributed by atoms with Crippen LogP contribution in [0.2, 0.25) is 0 Å². The molecule has 0 unspecified atom stereocenters. The zero-order chi connectivity index (χ0) is 20.1. The van der Waals surface area contributed by atoms with E-state index in [-0.39, 0.29) is 17.9 Å². The Morgan fingerprint density at radius 1 is 0.967 bits per heavy atom. The second kappa shape index (κ2) is 6.73. The van der Waals surface area contributed by atoms with Crippen LogP contribution in [0.5, 0.6) is 11.5 Å². The summed E-state index contributed by atoms with van der Waals surface area (Å²) >= 11 is 0. The SMILES string of the molecule is O=C(C1c2ccccc2Oc2ccccc21)N(Cc1cnc2ccccn12)C1CC1. The molecule has 0 atom stereocenters. The van der Waals surface area contributed by atoms with Crippen LogP contribution in [0, 0.1) is 0 Å². The van der Waals surface area contributed by atoms with Crippen LogP contribution >= 0.6 is 0 Å². The fourth-order valence-electron chi connectivity index (χ4n) is 4.39. The van der Waals surface area contributed by atoms with Crippen molar-refractivity contribution in [3.05, 3.63) is 95.9 Å². The quantitative estimate of drug-likeness (QED) is 0.500. The van der Waals surface area contributed by atoms with Gasteiger partial charge in [0.25, 0.3) is 0 Å². The first-order chi connectivity index (χ1) is 14.8. The Bertz CT molecular complexity index is 1210. The lowest BCUT2D eigenvalue weighted by Gasteiger charge is -2.32. The van der Waals surface area contributed by atoms with Gasteiger partial charge in [0.15, 0.2) is 0 Å². The highest BCUT2D eigenvalue weighted by Crippen LogP contribution is 2.45. The smallest absolute Gasteiger partial charge is 0.235 e. The van der Waals surface area contributed by atoms with Crippen LogP contribution in [0.3, 0.4) is 0 Å². The Hall–Kier alpha value is -3.60. The topological polar surface area (TPSA) is 46.8 Å². The molecule has 3 heterocycles. The van der Waals surface area contributed by atoms with Crippen LogP contribution in [0.25, 0.3) is 5.65 Å². The molecule has 2 aromatic carbocycles. The number of carbonyl (C=O) groups is 1. The molecule has 2 aliphatic rings. The Balaban J connectivity index is 1.41. The van der Waals surface area contributed by atoms with E-state index in [0.717, 1.165) is 46.8 Å². The van der Waals surface area contributed by atoms with Gasteiger partial charge < -0.3 is 14.0 Å². The number of hydrogen-bond acceptors (Lipinski definition) is 3. The molecule has 0 bridgehead atoms. The van der Waals surface area contributed by atoms with Gasteiger partial charge in [-0.25, -0.2) is 4.98 Å². The molecule has 1 aliphatic heterocycles. The molecule has 30 heavy (non-hydrogen) atoms. The minimum Gasteiger partial charge on any atom is -0.457 e. The van der Waals surface area contributed by atoms with Crippen LogP contribution in [-0.4, -0.2) is 26.2 Å². The summed E-state index contributed by atoms with van der Waals surface area (Å²) < 4.78 is 8.16. The van der Waals surface area contributed by atoms with Crippen molar-refractivity contribution in [2.45, 2.75) is 31.3 Å². The summed E-state index contributed by atoms with van der Waals surface area (Å²) in [7, 11) is 0. The molecule has 1 saturated carbocycles. The zero-order valence-electron chi connectivity index (χ0n) is 16.4. The van der Waals surface area contributed by atoms with Gasteiger partial charge in [-0.1, -0.05) is 42.5 Å². The lowest BCUT2D eigenvalue weighted by Crippen LogP contribution is -2.38. The summed E-state index contributed by atoms with van der Waals surface area (Å²) in [6.07, 6.45) is 5.99. The lowest BCUT2D eigenvalue weighted by molar-refractivity contribution is -0.133. The lowest BCUT2D eigenvalue weighted by atomic mass is 9.86. The minimum absolute atomic E-state index is 0.131. The number of rotatable bonds is 4. The molecule has 5 heteroatoms. The summed E-state index contributed by atoms with van der Waals surface area (Å²) in [5.74, 6) is 1.30. The first kappa shape index (κ1) is 17.3. The van der Waals surface area contributed by atoms with Gasteiger partial charge in [-0.2, -0.15) is 0 Å². The molecule has 0 radical (unpaired) electrons. The zero-order valence-corrected chi connectivity index (χ0v) is 16.4. The number of para-hydroxylation sites is 2. The summed E-state index contributed by atoms with van der Waals surface area (Å²) in [5, 5.41) is 0. The van der Waals surface area contributed by atoms with E-state index >= 15 is 0 Å². The maximum Gasteiger partial charge on any atom is 0.235 e. The number of ether oxygens (including phenoxy) is 1. The molecule has 2 aromatic heterocycles. The maximum atomic E-state index is 14.0. The van der Waals surface area contributed by atoms with Gasteiger partial charge >= 0.3 is 0 Å². The van der Waals surface area contributed by atoms with Gasteiger partial charge in [-0.3, -0.25) is 4.79 Å². The highest BCUT2D eigenvalue weighted by Gasteiger charge is 2.40. The molecule has 1 amide bonds. The predicted molar refractivity (Wildman–Crippen MR) is 114 cm³/mol. The van der Waals surface area contributed by atoms with E-state index in [1.807, 2.05) is 84.0 Å². The number of pyridine rings is 1. The van der Waals surface area contributed by atoms with Crippen LogP contribution in [0.1, 0.15) is 35.6 Å². The van der Waals surface area contributed by atoms with Crippen LogP contribution in [-0.2, 0) is 11.3 Å². The molecule has 6 rings (SSSR count). The molecule has 0 spiro atoms. The largest absolute Gasteiger partial charge is 0.457 e. The van der Waals surface area contributed by atoms with Gasteiger partial charge in [0.05, 0.1) is 24.4 Å². The summed E-state index contributed by atoms with van der Waals surface area (Å²) in [5.41, 5.74) is 3.80. The number of imidazole rings is 1. The van der Waals surface area contributed by atoms with Crippen molar-refractivity contribution < 1.29 is 9.53 Å². The predicted octanol–water partition coefficient (Wildman–Crippen LogP) is 4.76. The van der Waals surface area contributed by atoms with E-state index < -0.39 is 0 Å². The van der Waals surface area contributed by atoms with E-state index in [1.54, 1.807) is 0 Å². The normalized spacial score (nSPS) is 15.3. The van der Waals surface area contributed by atoms with Gasteiger partial charge in [0.1, 0.15) is 17.1 Å². The molecular weight excluding hydrogens is 374 g/mol. The van der Waals surface area contributed by atoms with E-state index in [0.29, 0.717) is 6.54 Å². The standard InChI is InChI=1S/C25H21N3O2/c29-25(24-19-7-1-3-9-21(19)30-22-10-4-2-8-20(22)24)28(17-12-13-17)16-18-15-26-23-11-5-6-14-27(18)23/h1-11,14-15,17,24H,12-13,16H2. The third-order valence-corrected chi connectivity index (χ3v) is 6.02. The van der Waals surface area contributed by atoms with E-state index in [4.69, 9.17) is 4.74 Å². The molecular formula is C25H21N3O2. The van der Waals surface area contributed by atoms with Crippen molar-refractivity contribution in [3.63, 3.8) is 0 Å². The molecule has 0 N–H and O–H groups in total. The molecule has 5 nitrogen and oxygen atoms in total. The molecule has 1 aliphatic carbocycles. The highest BCUT2D eigenvalue weighted by molar-refractivity contribution is 5.90. The summed E-state index contributed by atoms with van der Waals surface area (Å²) in [4.78, 5) is 20.6. The van der Waals surface area contributed by atoms with Gasteiger partial charge in [0.2, 0.25) is 5.91 Å². The van der Waals surface area contributed by atoms with E-state index in [1.165, 1.54) is 0 Å². The number of nitrogens with zero attached hydrogens (tertiary/aromatic N) is 3. The van der Waals surface area contributed by atoms with Gasteiger partial charge in [-0.05, 0) is 37.1 Å². The van der Waals surface area contributed by atoms with Gasteiger partial charge in [0, 0.05) is 23.4 Å². The Kier molecular flexibility index (Phi) is 3.88. The first-order valence-electron chi connectivity index (χ1n) is 10.4. The van der Waals surface area contributed by atoms with E-state index in [2.05, 4.69) is 9.38 Å².